The molecule has 1 saturated heterocycles. The van der Waals surface area contributed by atoms with E-state index in [4.69, 9.17) is 10.8 Å². The molecule has 4 heteroatoms. The molecule has 17 heavy (non-hydrogen) atoms. The number of nitrogens with two attached hydrogens (primary N) is 1. The van der Waals surface area contributed by atoms with E-state index in [0.717, 1.165) is 11.3 Å². The number of carbonyl (C=O) groups is 1. The fourth-order valence-electron chi connectivity index (χ4n) is 1.99. The Labute approximate surface area is 101 Å². The van der Waals surface area contributed by atoms with Crippen LogP contribution in [0.1, 0.15) is 24.8 Å². The number of β-amino-alcohol motifs (C(OH)–C–C–N with tert-alkyl or cyclic N) is 1. The highest BCUT2D eigenvalue weighted by Gasteiger charge is 2.29. The standard InChI is InChI=1S/C13H18N2O2/c1-9(10-2-4-11(14)5-3-10)6-13(17)15-7-12(16)8-15/h2-5,9,12,16H,6-8,14H2,1H3. The van der Waals surface area contributed by atoms with Crippen LogP contribution in [0, 0.1) is 0 Å². The van der Waals surface area contributed by atoms with Crippen molar-refractivity contribution in [3.8, 4) is 0 Å². The number of nitrogen functional groups attached to an aromatic ring is 1. The largest absolute Gasteiger partial charge is 0.399 e. The minimum atomic E-state index is -0.328. The Morgan fingerprint density at radius 3 is 2.59 bits per heavy atom. The number of hydrogen-bond acceptors (Lipinski definition) is 3. The summed E-state index contributed by atoms with van der Waals surface area (Å²) in [6.45, 7) is 2.99. The fourth-order valence-corrected chi connectivity index (χ4v) is 1.99. The molecule has 0 radical (unpaired) electrons. The first-order valence-electron chi connectivity index (χ1n) is 5.87. The molecule has 0 aromatic heterocycles. The van der Waals surface area contributed by atoms with Gasteiger partial charge in [0.25, 0.3) is 0 Å². The number of amides is 1. The van der Waals surface area contributed by atoms with Crippen LogP contribution in [-0.4, -0.2) is 35.1 Å². The van der Waals surface area contributed by atoms with Crippen LogP contribution in [0.5, 0.6) is 0 Å². The summed E-state index contributed by atoms with van der Waals surface area (Å²) in [7, 11) is 0. The van der Waals surface area contributed by atoms with Crippen molar-refractivity contribution in [3.63, 3.8) is 0 Å². The maximum absolute atomic E-state index is 11.8. The molecule has 0 saturated carbocycles. The number of likely N-dealkylation sites (tertiary alicyclic amines) is 1. The second kappa shape index (κ2) is 4.75. The molecule has 4 nitrogen and oxygen atoms in total. The molecule has 1 aliphatic rings. The molecule has 3 N–H and O–H groups in total. The predicted molar refractivity (Wildman–Crippen MR) is 66.5 cm³/mol. The van der Waals surface area contributed by atoms with Crippen LogP contribution < -0.4 is 5.73 Å². The Morgan fingerprint density at radius 2 is 2.06 bits per heavy atom. The molecule has 0 bridgehead atoms. The van der Waals surface area contributed by atoms with Gasteiger partial charge in [0.1, 0.15) is 0 Å². The number of aliphatic hydroxyl groups excluding tert-OH is 1. The first-order chi connectivity index (χ1) is 8.06. The number of rotatable bonds is 3. The lowest BCUT2D eigenvalue weighted by molar-refractivity contribution is -0.141. The van der Waals surface area contributed by atoms with Gasteiger partial charge in [0.2, 0.25) is 5.91 Å². The van der Waals surface area contributed by atoms with Crippen molar-refractivity contribution in [1.29, 1.82) is 0 Å². The molecule has 1 amide bonds. The molecule has 1 aromatic carbocycles. The van der Waals surface area contributed by atoms with E-state index in [9.17, 15) is 4.79 Å². The Bertz CT molecular complexity index is 396. The molecule has 92 valence electrons. The van der Waals surface area contributed by atoms with E-state index in [-0.39, 0.29) is 17.9 Å². The summed E-state index contributed by atoms with van der Waals surface area (Å²) in [6, 6.07) is 7.61. The van der Waals surface area contributed by atoms with E-state index >= 15 is 0 Å². The highest BCUT2D eigenvalue weighted by atomic mass is 16.3. The van der Waals surface area contributed by atoms with E-state index in [0.29, 0.717) is 19.5 Å². The molecule has 1 fully saturated rings. The molecule has 1 unspecified atom stereocenters. The van der Waals surface area contributed by atoms with Crippen LogP contribution in [-0.2, 0) is 4.79 Å². The van der Waals surface area contributed by atoms with Gasteiger partial charge in [-0.15, -0.1) is 0 Å². The van der Waals surface area contributed by atoms with Crippen molar-refractivity contribution in [2.75, 3.05) is 18.8 Å². The summed E-state index contributed by atoms with van der Waals surface area (Å²) < 4.78 is 0. The van der Waals surface area contributed by atoms with Crippen molar-refractivity contribution >= 4 is 11.6 Å². The first kappa shape index (κ1) is 11.9. The maximum atomic E-state index is 11.8. The minimum absolute atomic E-state index is 0.111. The highest BCUT2D eigenvalue weighted by molar-refractivity contribution is 5.78. The van der Waals surface area contributed by atoms with Gasteiger partial charge in [0.15, 0.2) is 0 Å². The number of hydrogen-bond donors (Lipinski definition) is 2. The summed E-state index contributed by atoms with van der Waals surface area (Å²) in [5.41, 5.74) is 7.47. The molecule has 0 spiro atoms. The average Bonchev–Trinajstić information content (AvgIpc) is 2.25. The van der Waals surface area contributed by atoms with Crippen LogP contribution in [0.4, 0.5) is 5.69 Å². The molecule has 1 aromatic rings. The Hall–Kier alpha value is -1.55. The molecular formula is C13H18N2O2. The van der Waals surface area contributed by atoms with Gasteiger partial charge in [-0.05, 0) is 23.6 Å². The normalized spacial score (nSPS) is 17.6. The molecule has 2 rings (SSSR count). The van der Waals surface area contributed by atoms with Crippen molar-refractivity contribution in [3.05, 3.63) is 29.8 Å². The van der Waals surface area contributed by atoms with Crippen molar-refractivity contribution in [1.82, 2.24) is 4.90 Å². The number of nitrogens with zero attached hydrogens (tertiary/aromatic N) is 1. The second-order valence-corrected chi connectivity index (χ2v) is 4.72. The summed E-state index contributed by atoms with van der Waals surface area (Å²) >= 11 is 0. The monoisotopic (exact) mass is 234 g/mol. The molecule has 1 atom stereocenters. The lowest BCUT2D eigenvalue weighted by Crippen LogP contribution is -2.53. The molecular weight excluding hydrogens is 216 g/mol. The van der Waals surface area contributed by atoms with Crippen LogP contribution in [0.2, 0.25) is 0 Å². The second-order valence-electron chi connectivity index (χ2n) is 4.72. The minimum Gasteiger partial charge on any atom is -0.399 e. The van der Waals surface area contributed by atoms with Gasteiger partial charge < -0.3 is 15.7 Å². The first-order valence-corrected chi connectivity index (χ1v) is 5.87. The zero-order chi connectivity index (χ0) is 12.4. The summed E-state index contributed by atoms with van der Waals surface area (Å²) in [5.74, 6) is 0.292. The van der Waals surface area contributed by atoms with Gasteiger partial charge in [0, 0.05) is 25.2 Å². The number of carbonyl (C=O) groups excluding carboxylic acids is 1. The third kappa shape index (κ3) is 2.77. The maximum Gasteiger partial charge on any atom is 0.223 e. The summed E-state index contributed by atoms with van der Waals surface area (Å²) in [4.78, 5) is 13.5. The van der Waals surface area contributed by atoms with Crippen molar-refractivity contribution in [2.24, 2.45) is 0 Å². The number of aliphatic hydroxyl groups is 1. The van der Waals surface area contributed by atoms with Gasteiger partial charge in [-0.1, -0.05) is 19.1 Å². The topological polar surface area (TPSA) is 66.6 Å². The van der Waals surface area contributed by atoms with Gasteiger partial charge in [-0.25, -0.2) is 0 Å². The summed E-state index contributed by atoms with van der Waals surface area (Å²) in [5, 5.41) is 9.14. The van der Waals surface area contributed by atoms with E-state index in [1.165, 1.54) is 0 Å². The quantitative estimate of drug-likeness (QED) is 0.766. The number of benzene rings is 1. The highest BCUT2D eigenvalue weighted by Crippen LogP contribution is 2.22. The van der Waals surface area contributed by atoms with E-state index < -0.39 is 0 Å². The van der Waals surface area contributed by atoms with Gasteiger partial charge in [-0.3, -0.25) is 4.79 Å². The predicted octanol–water partition coefficient (Wildman–Crippen LogP) is 0.966. The van der Waals surface area contributed by atoms with Gasteiger partial charge in [0.05, 0.1) is 6.10 Å². The Morgan fingerprint density at radius 1 is 1.47 bits per heavy atom. The molecule has 1 aliphatic heterocycles. The van der Waals surface area contributed by atoms with E-state index in [1.807, 2.05) is 31.2 Å². The van der Waals surface area contributed by atoms with E-state index in [1.54, 1.807) is 4.90 Å². The van der Waals surface area contributed by atoms with Crippen LogP contribution >= 0.6 is 0 Å². The average molecular weight is 234 g/mol. The smallest absolute Gasteiger partial charge is 0.223 e. The third-order valence-corrected chi connectivity index (χ3v) is 3.20. The van der Waals surface area contributed by atoms with Crippen molar-refractivity contribution < 1.29 is 9.90 Å². The third-order valence-electron chi connectivity index (χ3n) is 3.20. The van der Waals surface area contributed by atoms with Crippen LogP contribution in [0.3, 0.4) is 0 Å². The van der Waals surface area contributed by atoms with Crippen LogP contribution in [0.15, 0.2) is 24.3 Å². The summed E-state index contributed by atoms with van der Waals surface area (Å²) in [6.07, 6.45) is 0.155. The number of anilines is 1. The molecule has 1 heterocycles. The zero-order valence-corrected chi connectivity index (χ0v) is 9.97. The molecule has 0 aliphatic carbocycles. The Kier molecular flexibility index (Phi) is 3.33. The van der Waals surface area contributed by atoms with Gasteiger partial charge >= 0.3 is 0 Å². The SMILES string of the molecule is CC(CC(=O)N1CC(O)C1)c1ccc(N)cc1. The Balaban J connectivity index is 1.90. The van der Waals surface area contributed by atoms with Gasteiger partial charge in [-0.2, -0.15) is 0 Å². The fraction of sp³-hybridized carbons (Fsp3) is 0.462. The lowest BCUT2D eigenvalue weighted by Gasteiger charge is -2.36. The zero-order valence-electron chi connectivity index (χ0n) is 9.97. The van der Waals surface area contributed by atoms with E-state index in [2.05, 4.69) is 0 Å². The van der Waals surface area contributed by atoms with Crippen LogP contribution in [0.25, 0.3) is 0 Å². The lowest BCUT2D eigenvalue weighted by atomic mass is 9.96. The van der Waals surface area contributed by atoms with Crippen molar-refractivity contribution in [2.45, 2.75) is 25.4 Å².